The van der Waals surface area contributed by atoms with Crippen molar-refractivity contribution in [2.45, 2.75) is 64.4 Å². The number of rotatable bonds is 8. The second-order valence-electron chi connectivity index (χ2n) is 4.61. The van der Waals surface area contributed by atoms with Crippen molar-refractivity contribution in [2.24, 2.45) is 0 Å². The lowest BCUT2D eigenvalue weighted by atomic mass is 10.1. The van der Waals surface area contributed by atoms with E-state index in [-0.39, 0.29) is 0 Å². The molecule has 1 aliphatic rings. The first-order valence-corrected chi connectivity index (χ1v) is 6.76. The van der Waals surface area contributed by atoms with Gasteiger partial charge in [0.1, 0.15) is 0 Å². The summed E-state index contributed by atoms with van der Waals surface area (Å²) in [5.74, 6) is 0. The second-order valence-corrected chi connectivity index (χ2v) is 4.61. The van der Waals surface area contributed by atoms with Crippen LogP contribution in [0.1, 0.15) is 58.3 Å². The Morgan fingerprint density at radius 2 is 1.80 bits per heavy atom. The SMILES string of the molecule is CCCCCCCCCC1CNCCO1. The lowest BCUT2D eigenvalue weighted by molar-refractivity contribution is 0.0220. The van der Waals surface area contributed by atoms with E-state index < -0.39 is 0 Å². The minimum absolute atomic E-state index is 0.495. The smallest absolute Gasteiger partial charge is 0.0700 e. The average molecular weight is 213 g/mol. The number of hydrogen-bond acceptors (Lipinski definition) is 2. The van der Waals surface area contributed by atoms with Crippen LogP contribution in [0.2, 0.25) is 0 Å². The van der Waals surface area contributed by atoms with Gasteiger partial charge in [-0.1, -0.05) is 51.9 Å². The molecule has 0 radical (unpaired) electrons. The fourth-order valence-electron chi connectivity index (χ4n) is 2.13. The Morgan fingerprint density at radius 1 is 1.07 bits per heavy atom. The highest BCUT2D eigenvalue weighted by Crippen LogP contribution is 2.11. The fourth-order valence-corrected chi connectivity index (χ4v) is 2.13. The van der Waals surface area contributed by atoms with Gasteiger partial charge in [0.25, 0.3) is 0 Å². The number of hydrogen-bond donors (Lipinski definition) is 1. The predicted molar refractivity (Wildman–Crippen MR) is 65.2 cm³/mol. The molecule has 2 nitrogen and oxygen atoms in total. The molecule has 15 heavy (non-hydrogen) atoms. The normalized spacial score (nSPS) is 21.8. The number of nitrogens with one attached hydrogen (secondary N) is 1. The molecular formula is C13H27NO. The zero-order valence-electron chi connectivity index (χ0n) is 10.3. The van der Waals surface area contributed by atoms with Gasteiger partial charge in [-0.15, -0.1) is 0 Å². The first-order chi connectivity index (χ1) is 7.43. The van der Waals surface area contributed by atoms with Gasteiger partial charge in [-0.25, -0.2) is 0 Å². The molecule has 0 aliphatic carbocycles. The summed E-state index contributed by atoms with van der Waals surface area (Å²) in [6, 6.07) is 0. The summed E-state index contributed by atoms with van der Waals surface area (Å²) in [5.41, 5.74) is 0. The van der Waals surface area contributed by atoms with Crippen LogP contribution in [0.25, 0.3) is 0 Å². The van der Waals surface area contributed by atoms with Gasteiger partial charge in [-0.2, -0.15) is 0 Å². The van der Waals surface area contributed by atoms with Crippen LogP contribution in [-0.2, 0) is 4.74 Å². The summed E-state index contributed by atoms with van der Waals surface area (Å²) in [6.45, 7) is 5.28. The van der Waals surface area contributed by atoms with Crippen molar-refractivity contribution in [3.8, 4) is 0 Å². The Labute approximate surface area is 94.8 Å². The lowest BCUT2D eigenvalue weighted by Crippen LogP contribution is -2.38. The Kier molecular flexibility index (Phi) is 7.94. The maximum atomic E-state index is 5.66. The first kappa shape index (κ1) is 13.0. The monoisotopic (exact) mass is 213 g/mol. The van der Waals surface area contributed by atoms with Crippen LogP contribution in [0, 0.1) is 0 Å². The Hall–Kier alpha value is -0.0800. The van der Waals surface area contributed by atoms with Gasteiger partial charge in [-0.05, 0) is 6.42 Å². The maximum absolute atomic E-state index is 5.66. The maximum Gasteiger partial charge on any atom is 0.0700 e. The molecule has 90 valence electrons. The van der Waals surface area contributed by atoms with E-state index in [1.807, 2.05) is 0 Å². The molecule has 1 aliphatic heterocycles. The topological polar surface area (TPSA) is 21.3 Å². The first-order valence-electron chi connectivity index (χ1n) is 6.76. The summed E-state index contributed by atoms with van der Waals surface area (Å²) in [4.78, 5) is 0. The molecule has 0 spiro atoms. The molecule has 1 fully saturated rings. The largest absolute Gasteiger partial charge is 0.376 e. The van der Waals surface area contributed by atoms with E-state index in [1.165, 1.54) is 51.4 Å². The molecule has 1 unspecified atom stereocenters. The quantitative estimate of drug-likeness (QED) is 0.626. The van der Waals surface area contributed by atoms with Crippen LogP contribution in [0.5, 0.6) is 0 Å². The minimum Gasteiger partial charge on any atom is -0.376 e. The molecule has 0 saturated carbocycles. The van der Waals surface area contributed by atoms with Crippen molar-refractivity contribution in [3.05, 3.63) is 0 Å². The van der Waals surface area contributed by atoms with E-state index in [0.717, 1.165) is 19.7 Å². The average Bonchev–Trinajstić information content (AvgIpc) is 2.29. The van der Waals surface area contributed by atoms with Crippen LogP contribution in [-0.4, -0.2) is 25.8 Å². The Balaban J connectivity index is 1.79. The van der Waals surface area contributed by atoms with Gasteiger partial charge < -0.3 is 10.1 Å². The van der Waals surface area contributed by atoms with Crippen LogP contribution in [0.4, 0.5) is 0 Å². The third kappa shape index (κ3) is 6.91. The predicted octanol–water partition coefficient (Wildman–Crippen LogP) is 3.12. The standard InChI is InChI=1S/C13H27NO/c1-2-3-4-5-6-7-8-9-13-12-14-10-11-15-13/h13-14H,2-12H2,1H3. The number of ether oxygens (including phenoxy) is 1. The van der Waals surface area contributed by atoms with Crippen molar-refractivity contribution in [2.75, 3.05) is 19.7 Å². The van der Waals surface area contributed by atoms with Crippen LogP contribution in [0.15, 0.2) is 0 Å². The summed E-state index contributed by atoms with van der Waals surface area (Å²) in [5, 5.41) is 3.38. The van der Waals surface area contributed by atoms with Gasteiger partial charge in [0, 0.05) is 13.1 Å². The van der Waals surface area contributed by atoms with Gasteiger partial charge in [0.2, 0.25) is 0 Å². The molecule has 0 aromatic carbocycles. The molecule has 0 aromatic rings. The molecule has 1 atom stereocenters. The van der Waals surface area contributed by atoms with Crippen molar-refractivity contribution < 1.29 is 4.74 Å². The van der Waals surface area contributed by atoms with Crippen molar-refractivity contribution in [3.63, 3.8) is 0 Å². The molecule has 1 heterocycles. The van der Waals surface area contributed by atoms with Crippen molar-refractivity contribution in [1.29, 1.82) is 0 Å². The summed E-state index contributed by atoms with van der Waals surface area (Å²) in [6.07, 6.45) is 11.5. The van der Waals surface area contributed by atoms with Crippen LogP contribution >= 0.6 is 0 Å². The summed E-state index contributed by atoms with van der Waals surface area (Å²) >= 11 is 0. The summed E-state index contributed by atoms with van der Waals surface area (Å²) < 4.78 is 5.66. The van der Waals surface area contributed by atoms with Gasteiger partial charge in [0.15, 0.2) is 0 Å². The molecule has 0 aromatic heterocycles. The molecule has 0 bridgehead atoms. The molecule has 2 heteroatoms. The third-order valence-corrected chi connectivity index (χ3v) is 3.13. The van der Waals surface area contributed by atoms with E-state index in [4.69, 9.17) is 4.74 Å². The molecule has 1 N–H and O–H groups in total. The van der Waals surface area contributed by atoms with E-state index in [0.29, 0.717) is 6.10 Å². The highest BCUT2D eigenvalue weighted by molar-refractivity contribution is 4.66. The van der Waals surface area contributed by atoms with Gasteiger partial charge >= 0.3 is 0 Å². The third-order valence-electron chi connectivity index (χ3n) is 3.13. The Bertz CT molecular complexity index is 132. The molecule has 1 rings (SSSR count). The van der Waals surface area contributed by atoms with Crippen LogP contribution < -0.4 is 5.32 Å². The van der Waals surface area contributed by atoms with Gasteiger partial charge in [0.05, 0.1) is 12.7 Å². The van der Waals surface area contributed by atoms with E-state index in [1.54, 1.807) is 0 Å². The molecule has 0 amide bonds. The van der Waals surface area contributed by atoms with Crippen LogP contribution in [0.3, 0.4) is 0 Å². The zero-order valence-corrected chi connectivity index (χ0v) is 10.3. The second kappa shape index (κ2) is 9.17. The molecular weight excluding hydrogens is 186 g/mol. The lowest BCUT2D eigenvalue weighted by Gasteiger charge is -2.23. The Morgan fingerprint density at radius 3 is 2.47 bits per heavy atom. The highest BCUT2D eigenvalue weighted by atomic mass is 16.5. The number of morpholine rings is 1. The van der Waals surface area contributed by atoms with Crippen molar-refractivity contribution in [1.82, 2.24) is 5.32 Å². The minimum atomic E-state index is 0.495. The highest BCUT2D eigenvalue weighted by Gasteiger charge is 2.11. The molecule has 1 saturated heterocycles. The summed E-state index contributed by atoms with van der Waals surface area (Å²) in [7, 11) is 0. The van der Waals surface area contributed by atoms with E-state index >= 15 is 0 Å². The van der Waals surface area contributed by atoms with E-state index in [9.17, 15) is 0 Å². The van der Waals surface area contributed by atoms with E-state index in [2.05, 4.69) is 12.2 Å². The van der Waals surface area contributed by atoms with Crippen molar-refractivity contribution >= 4 is 0 Å². The zero-order chi connectivity index (χ0) is 10.8. The van der Waals surface area contributed by atoms with Gasteiger partial charge in [-0.3, -0.25) is 0 Å². The fraction of sp³-hybridized carbons (Fsp3) is 1.00. The number of unbranched alkanes of at least 4 members (excludes halogenated alkanes) is 6.